The van der Waals surface area contributed by atoms with Gasteiger partial charge in [-0.15, -0.1) is 13.2 Å². The zero-order chi connectivity index (χ0) is 17.6. The number of hydrogen-bond donors (Lipinski definition) is 0. The van der Waals surface area contributed by atoms with Crippen molar-refractivity contribution in [1.82, 2.24) is 0 Å². The number of hydrogen-bond acceptors (Lipinski definition) is 5. The Labute approximate surface area is 148 Å². The van der Waals surface area contributed by atoms with Gasteiger partial charge in [0.05, 0.1) is 6.61 Å². The van der Waals surface area contributed by atoms with Crippen molar-refractivity contribution in [3.8, 4) is 5.75 Å². The highest BCUT2D eigenvalue weighted by Gasteiger charge is 2.31. The topological polar surface area (TPSA) is 61.8 Å². The van der Waals surface area contributed by atoms with Crippen LogP contribution in [0.4, 0.5) is 13.2 Å². The molecule has 0 atom stereocenters. The Morgan fingerprint density at radius 1 is 1.30 bits per heavy atom. The van der Waals surface area contributed by atoms with E-state index in [4.69, 9.17) is 14.7 Å². The molecule has 23 heavy (non-hydrogen) atoms. The van der Waals surface area contributed by atoms with Crippen molar-refractivity contribution in [3.63, 3.8) is 0 Å². The lowest BCUT2D eigenvalue weighted by atomic mass is 10.1. The minimum absolute atomic E-state index is 0.000422. The molecular weight excluding hydrogens is 455 g/mol. The fourth-order valence-corrected chi connectivity index (χ4v) is 2.03. The molecule has 0 heterocycles. The van der Waals surface area contributed by atoms with Crippen LogP contribution in [0, 0.1) is 0 Å². The molecule has 1 aromatic carbocycles. The van der Waals surface area contributed by atoms with Crippen LogP contribution in [0.25, 0.3) is 5.76 Å². The molecule has 126 valence electrons. The van der Waals surface area contributed by atoms with Crippen molar-refractivity contribution >= 4 is 52.1 Å². The summed E-state index contributed by atoms with van der Waals surface area (Å²) in [6.07, 6.45) is -4.12. The predicted octanol–water partition coefficient (Wildman–Crippen LogP) is 4.08. The molecule has 0 amide bonds. The molecule has 0 unspecified atom stereocenters. The monoisotopic (exact) mass is 464 g/mol. The Balaban J connectivity index is 3.15. The third kappa shape index (κ3) is 6.65. The summed E-state index contributed by atoms with van der Waals surface area (Å²) in [7, 11) is 0. The first-order chi connectivity index (χ1) is 10.7. The lowest BCUT2D eigenvalue weighted by molar-refractivity contribution is -0.274. The van der Waals surface area contributed by atoms with Crippen LogP contribution < -0.4 is 4.74 Å². The highest BCUT2D eigenvalue weighted by molar-refractivity contribution is 14.1. The van der Waals surface area contributed by atoms with Crippen LogP contribution in [0.5, 0.6) is 5.75 Å². The predicted molar refractivity (Wildman–Crippen MR) is 82.9 cm³/mol. The molecule has 0 radical (unpaired) electrons. The van der Waals surface area contributed by atoms with Gasteiger partial charge >= 0.3 is 12.3 Å². The molecule has 5 nitrogen and oxygen atoms in total. The van der Waals surface area contributed by atoms with Gasteiger partial charge in [-0.2, -0.15) is 0 Å². The molecule has 0 fully saturated rings. The largest absolute Gasteiger partial charge is 0.573 e. The number of ketones is 1. The maximum absolute atomic E-state index is 12.3. The minimum atomic E-state index is -4.90. The second-order valence-corrected chi connectivity index (χ2v) is 4.77. The molecule has 0 saturated carbocycles. The van der Waals surface area contributed by atoms with Gasteiger partial charge in [0.25, 0.3) is 5.78 Å². The van der Waals surface area contributed by atoms with E-state index >= 15 is 0 Å². The van der Waals surface area contributed by atoms with Gasteiger partial charge in [-0.3, -0.25) is 4.79 Å². The molecule has 0 saturated heterocycles. The smallest absolute Gasteiger partial charge is 0.460 e. The van der Waals surface area contributed by atoms with E-state index in [1.807, 2.05) is 0 Å². The zero-order valence-electron chi connectivity index (χ0n) is 11.4. The van der Waals surface area contributed by atoms with Gasteiger partial charge in [0.1, 0.15) is 11.5 Å². The first-order valence-electron chi connectivity index (χ1n) is 5.94. The van der Waals surface area contributed by atoms with Gasteiger partial charge in [-0.1, -0.05) is 11.6 Å². The Morgan fingerprint density at radius 2 is 1.96 bits per heavy atom. The van der Waals surface area contributed by atoms with E-state index in [0.717, 1.165) is 18.2 Å². The van der Waals surface area contributed by atoms with E-state index in [9.17, 15) is 22.8 Å². The molecule has 0 N–H and O–H groups in total. The van der Waals surface area contributed by atoms with E-state index < -0.39 is 23.9 Å². The standard InChI is InChI=1S/C13H9ClF3IO5/c1-2-21-12(20)10(19)6-11(23-18)7-3-8(14)5-9(4-7)22-13(15,16)17/h3-6H,2H2,1H3/b11-6-. The van der Waals surface area contributed by atoms with Crippen LogP contribution in [0.1, 0.15) is 12.5 Å². The summed E-state index contributed by atoms with van der Waals surface area (Å²) in [6, 6.07) is 3.15. The number of rotatable bonds is 6. The summed E-state index contributed by atoms with van der Waals surface area (Å²) in [5.41, 5.74) is 0.0174. The van der Waals surface area contributed by atoms with Crippen molar-refractivity contribution in [2.45, 2.75) is 13.3 Å². The van der Waals surface area contributed by atoms with Crippen LogP contribution in [0.15, 0.2) is 24.3 Å². The summed E-state index contributed by atoms with van der Waals surface area (Å²) in [5, 5.41) is -0.0790. The summed E-state index contributed by atoms with van der Waals surface area (Å²) in [6.45, 7) is 1.52. The Kier molecular flexibility index (Phi) is 7.13. The molecule has 0 aliphatic rings. The van der Waals surface area contributed by atoms with Gasteiger partial charge < -0.3 is 12.5 Å². The third-order valence-electron chi connectivity index (χ3n) is 2.21. The number of esters is 1. The molecule has 0 aromatic heterocycles. The van der Waals surface area contributed by atoms with E-state index in [1.54, 1.807) is 0 Å². The highest BCUT2D eigenvalue weighted by Crippen LogP contribution is 2.30. The average Bonchev–Trinajstić information content (AvgIpc) is 2.42. The Hall–Kier alpha value is -1.49. The number of benzene rings is 1. The molecule has 10 heteroatoms. The second-order valence-electron chi connectivity index (χ2n) is 3.89. The van der Waals surface area contributed by atoms with Gasteiger partial charge in [-0.05, 0) is 25.1 Å². The number of carbonyl (C=O) groups excluding carboxylic acids is 2. The number of halogens is 5. The maximum Gasteiger partial charge on any atom is 0.573 e. The van der Waals surface area contributed by atoms with Crippen LogP contribution in [0.3, 0.4) is 0 Å². The third-order valence-corrected chi connectivity index (χ3v) is 2.90. The Morgan fingerprint density at radius 3 is 2.48 bits per heavy atom. The highest BCUT2D eigenvalue weighted by atomic mass is 127. The first kappa shape index (κ1) is 19.6. The van der Waals surface area contributed by atoms with Crippen molar-refractivity contribution in [2.75, 3.05) is 6.61 Å². The van der Waals surface area contributed by atoms with Crippen molar-refractivity contribution in [2.24, 2.45) is 0 Å². The SMILES string of the molecule is CCOC(=O)C(=O)/C=C(\OI)c1cc(Cl)cc(OC(F)(F)F)c1. The van der Waals surface area contributed by atoms with E-state index in [2.05, 4.69) is 9.47 Å². The molecular formula is C13H9ClF3IO5. The molecule has 0 spiro atoms. The van der Waals surface area contributed by atoms with Crippen LogP contribution in [-0.4, -0.2) is 24.7 Å². The maximum atomic E-state index is 12.3. The summed E-state index contributed by atoms with van der Waals surface area (Å²) in [4.78, 5) is 22.9. The van der Waals surface area contributed by atoms with Crippen molar-refractivity contribution in [1.29, 1.82) is 0 Å². The molecule has 1 aromatic rings. The van der Waals surface area contributed by atoms with Gasteiger partial charge in [0.15, 0.2) is 23.0 Å². The van der Waals surface area contributed by atoms with Gasteiger partial charge in [0.2, 0.25) is 0 Å². The lowest BCUT2D eigenvalue weighted by Gasteiger charge is -2.11. The summed E-state index contributed by atoms with van der Waals surface area (Å²) in [5.74, 6) is -2.93. The van der Waals surface area contributed by atoms with Gasteiger partial charge in [-0.25, -0.2) is 4.79 Å². The zero-order valence-corrected chi connectivity index (χ0v) is 14.4. The lowest BCUT2D eigenvalue weighted by Crippen LogP contribution is -2.17. The molecule has 0 aliphatic carbocycles. The quantitative estimate of drug-likeness (QED) is 0.209. The normalized spacial score (nSPS) is 11.8. The van der Waals surface area contributed by atoms with Crippen molar-refractivity contribution in [3.05, 3.63) is 34.9 Å². The fraction of sp³-hybridized carbons (Fsp3) is 0.231. The number of ether oxygens (including phenoxy) is 2. The van der Waals surface area contributed by atoms with E-state index in [1.165, 1.54) is 36.0 Å². The molecule has 1 rings (SSSR count). The average molecular weight is 465 g/mol. The van der Waals surface area contributed by atoms with Crippen LogP contribution in [0.2, 0.25) is 5.02 Å². The summed E-state index contributed by atoms with van der Waals surface area (Å²) >= 11 is 7.12. The van der Waals surface area contributed by atoms with E-state index in [0.29, 0.717) is 0 Å². The second kappa shape index (κ2) is 8.39. The Bertz CT molecular complexity index is 631. The van der Waals surface area contributed by atoms with Crippen LogP contribution in [-0.2, 0) is 17.4 Å². The van der Waals surface area contributed by atoms with Crippen molar-refractivity contribution < 1.29 is 35.3 Å². The molecule has 0 bridgehead atoms. The number of alkyl halides is 3. The fourth-order valence-electron chi connectivity index (χ4n) is 1.43. The van der Waals surface area contributed by atoms with Crippen LogP contribution >= 0.6 is 34.6 Å². The minimum Gasteiger partial charge on any atom is -0.460 e. The van der Waals surface area contributed by atoms with Gasteiger partial charge in [0, 0.05) is 16.7 Å². The molecule has 0 aliphatic heterocycles. The number of carbonyl (C=O) groups is 2. The summed E-state index contributed by atoms with van der Waals surface area (Å²) < 4.78 is 49.9. The first-order valence-corrected chi connectivity index (χ1v) is 7.20. The van der Waals surface area contributed by atoms with E-state index in [-0.39, 0.29) is 23.0 Å².